The fraction of sp³-hybridized carbons (Fsp3) is 0.312. The van der Waals surface area contributed by atoms with Crippen molar-refractivity contribution in [3.05, 3.63) is 48.3 Å². The van der Waals surface area contributed by atoms with Crippen molar-refractivity contribution >= 4 is 17.5 Å². The third-order valence-electron chi connectivity index (χ3n) is 2.83. The quantitative estimate of drug-likeness (QED) is 0.941. The van der Waals surface area contributed by atoms with Gasteiger partial charge in [-0.05, 0) is 32.9 Å². The topological polar surface area (TPSA) is 58.1 Å². The van der Waals surface area contributed by atoms with Crippen LogP contribution in [-0.2, 0) is 0 Å². The zero-order valence-electron chi connectivity index (χ0n) is 12.8. The maximum Gasteiger partial charge on any atom is 0.254 e. The van der Waals surface area contributed by atoms with E-state index in [1.54, 1.807) is 12.4 Å². The third kappa shape index (κ3) is 4.02. The molecule has 1 amide bonds. The first-order valence-corrected chi connectivity index (χ1v) is 6.80. The molecule has 0 aliphatic heterocycles. The summed E-state index contributed by atoms with van der Waals surface area (Å²) in [5.41, 5.74) is 1.16. The van der Waals surface area contributed by atoms with Gasteiger partial charge in [-0.3, -0.25) is 4.79 Å². The Morgan fingerprint density at radius 1 is 1.10 bits per heavy atom. The molecule has 0 fully saturated rings. The molecule has 21 heavy (non-hydrogen) atoms. The van der Waals surface area contributed by atoms with Crippen molar-refractivity contribution in [2.75, 3.05) is 11.9 Å². The van der Waals surface area contributed by atoms with Gasteiger partial charge in [0.25, 0.3) is 5.91 Å². The van der Waals surface area contributed by atoms with Gasteiger partial charge in [-0.2, -0.15) is 0 Å². The molecule has 5 heteroatoms. The number of nitrogens with zero attached hydrogens (tertiary/aromatic N) is 3. The molecule has 1 N–H and O–H groups in total. The Morgan fingerprint density at radius 3 is 2.19 bits per heavy atom. The minimum Gasteiger partial charge on any atom is -0.347 e. The van der Waals surface area contributed by atoms with Crippen LogP contribution in [0.2, 0.25) is 0 Å². The Kier molecular flexibility index (Phi) is 4.21. The van der Waals surface area contributed by atoms with E-state index < -0.39 is 0 Å². The average molecular weight is 284 g/mol. The number of anilines is 2. The SMILES string of the molecule is CN(c1ccccc1)c1ncc(C(=O)NC(C)(C)C)cn1. The summed E-state index contributed by atoms with van der Waals surface area (Å²) < 4.78 is 0. The predicted molar refractivity (Wildman–Crippen MR) is 83.8 cm³/mol. The fourth-order valence-corrected chi connectivity index (χ4v) is 1.79. The first-order chi connectivity index (χ1) is 9.87. The number of carbonyl (C=O) groups is 1. The molecule has 2 rings (SSSR count). The highest BCUT2D eigenvalue weighted by Crippen LogP contribution is 2.18. The highest BCUT2D eigenvalue weighted by atomic mass is 16.1. The summed E-state index contributed by atoms with van der Waals surface area (Å²) in [7, 11) is 1.89. The predicted octanol–water partition coefficient (Wildman–Crippen LogP) is 2.77. The van der Waals surface area contributed by atoms with Crippen LogP contribution in [0.3, 0.4) is 0 Å². The van der Waals surface area contributed by atoms with E-state index in [0.29, 0.717) is 11.5 Å². The molecule has 0 spiro atoms. The number of amides is 1. The summed E-state index contributed by atoms with van der Waals surface area (Å²) in [5, 5.41) is 2.88. The van der Waals surface area contributed by atoms with Crippen LogP contribution in [0.5, 0.6) is 0 Å². The van der Waals surface area contributed by atoms with Crippen molar-refractivity contribution < 1.29 is 4.79 Å². The number of para-hydroxylation sites is 1. The zero-order valence-corrected chi connectivity index (χ0v) is 12.8. The molecule has 1 aromatic heterocycles. The molecule has 1 aromatic carbocycles. The van der Waals surface area contributed by atoms with Gasteiger partial charge in [0, 0.05) is 30.7 Å². The molecule has 1 heterocycles. The molecular weight excluding hydrogens is 264 g/mol. The van der Waals surface area contributed by atoms with Crippen molar-refractivity contribution in [2.45, 2.75) is 26.3 Å². The molecule has 0 aliphatic rings. The van der Waals surface area contributed by atoms with Crippen molar-refractivity contribution in [1.29, 1.82) is 0 Å². The lowest BCUT2D eigenvalue weighted by molar-refractivity contribution is 0.0919. The van der Waals surface area contributed by atoms with Crippen LogP contribution in [0.1, 0.15) is 31.1 Å². The maximum atomic E-state index is 12.0. The van der Waals surface area contributed by atoms with Crippen LogP contribution in [0, 0.1) is 0 Å². The van der Waals surface area contributed by atoms with Crippen molar-refractivity contribution in [1.82, 2.24) is 15.3 Å². The molecule has 0 saturated heterocycles. The third-order valence-corrected chi connectivity index (χ3v) is 2.83. The lowest BCUT2D eigenvalue weighted by Crippen LogP contribution is -2.40. The smallest absolute Gasteiger partial charge is 0.254 e. The molecular formula is C16H20N4O. The van der Waals surface area contributed by atoms with E-state index >= 15 is 0 Å². The Labute approximate surface area is 125 Å². The Morgan fingerprint density at radius 2 is 1.67 bits per heavy atom. The molecule has 0 radical (unpaired) electrons. The van der Waals surface area contributed by atoms with Gasteiger partial charge in [0.1, 0.15) is 0 Å². The van der Waals surface area contributed by atoms with Gasteiger partial charge in [-0.1, -0.05) is 18.2 Å². The minimum atomic E-state index is -0.281. The van der Waals surface area contributed by atoms with Gasteiger partial charge in [0.2, 0.25) is 5.95 Å². The number of rotatable bonds is 3. The summed E-state index contributed by atoms with van der Waals surface area (Å²) in [6.45, 7) is 5.80. The Balaban J connectivity index is 2.14. The number of benzene rings is 1. The molecule has 5 nitrogen and oxygen atoms in total. The van der Waals surface area contributed by atoms with Gasteiger partial charge >= 0.3 is 0 Å². The summed E-state index contributed by atoms with van der Waals surface area (Å²) in [4.78, 5) is 22.4. The van der Waals surface area contributed by atoms with Gasteiger partial charge in [-0.25, -0.2) is 9.97 Å². The van der Waals surface area contributed by atoms with Crippen LogP contribution in [-0.4, -0.2) is 28.5 Å². The van der Waals surface area contributed by atoms with E-state index in [0.717, 1.165) is 5.69 Å². The molecule has 2 aromatic rings. The van der Waals surface area contributed by atoms with Crippen molar-refractivity contribution in [3.8, 4) is 0 Å². The van der Waals surface area contributed by atoms with E-state index in [1.807, 2.05) is 63.1 Å². The van der Waals surface area contributed by atoms with Crippen LogP contribution >= 0.6 is 0 Å². The number of hydrogen-bond donors (Lipinski definition) is 1. The number of carbonyl (C=O) groups excluding carboxylic acids is 1. The first-order valence-electron chi connectivity index (χ1n) is 6.80. The molecule has 0 saturated carbocycles. The summed E-state index contributed by atoms with van der Waals surface area (Å²) in [6.07, 6.45) is 3.09. The highest BCUT2D eigenvalue weighted by Gasteiger charge is 2.16. The molecule has 110 valence electrons. The van der Waals surface area contributed by atoms with Gasteiger partial charge in [0.05, 0.1) is 5.56 Å². The van der Waals surface area contributed by atoms with E-state index in [4.69, 9.17) is 0 Å². The summed E-state index contributed by atoms with van der Waals surface area (Å²) >= 11 is 0. The largest absolute Gasteiger partial charge is 0.347 e. The molecule has 0 aliphatic carbocycles. The summed E-state index contributed by atoms with van der Waals surface area (Å²) in [6, 6.07) is 9.82. The van der Waals surface area contributed by atoms with E-state index in [1.165, 1.54) is 0 Å². The average Bonchev–Trinajstić information content (AvgIpc) is 2.46. The summed E-state index contributed by atoms with van der Waals surface area (Å²) in [5.74, 6) is 0.380. The monoisotopic (exact) mass is 284 g/mol. The number of aromatic nitrogens is 2. The van der Waals surface area contributed by atoms with Crippen LogP contribution in [0.25, 0.3) is 0 Å². The first kappa shape index (κ1) is 15.0. The normalized spacial score (nSPS) is 11.0. The number of hydrogen-bond acceptors (Lipinski definition) is 4. The number of nitrogens with one attached hydrogen (secondary N) is 1. The second-order valence-electron chi connectivity index (χ2n) is 5.87. The maximum absolute atomic E-state index is 12.0. The van der Waals surface area contributed by atoms with Crippen LogP contribution in [0.15, 0.2) is 42.7 Å². The second kappa shape index (κ2) is 5.91. The van der Waals surface area contributed by atoms with E-state index in [-0.39, 0.29) is 11.4 Å². The van der Waals surface area contributed by atoms with Gasteiger partial charge in [0.15, 0.2) is 0 Å². The molecule has 0 atom stereocenters. The Bertz CT molecular complexity index is 602. The standard InChI is InChI=1S/C16H20N4O/c1-16(2,3)19-14(21)12-10-17-15(18-11-12)20(4)13-8-6-5-7-9-13/h5-11H,1-4H3,(H,19,21). The zero-order chi connectivity index (χ0) is 15.5. The van der Waals surface area contributed by atoms with Crippen molar-refractivity contribution in [2.24, 2.45) is 0 Å². The highest BCUT2D eigenvalue weighted by molar-refractivity contribution is 5.94. The van der Waals surface area contributed by atoms with Gasteiger partial charge in [-0.15, -0.1) is 0 Å². The molecule has 0 unspecified atom stereocenters. The fourth-order valence-electron chi connectivity index (χ4n) is 1.79. The lowest BCUT2D eigenvalue weighted by Gasteiger charge is -2.20. The molecule has 0 bridgehead atoms. The minimum absolute atomic E-state index is 0.170. The van der Waals surface area contributed by atoms with Crippen LogP contribution < -0.4 is 10.2 Å². The second-order valence-corrected chi connectivity index (χ2v) is 5.87. The van der Waals surface area contributed by atoms with Crippen LogP contribution in [0.4, 0.5) is 11.6 Å². The lowest BCUT2D eigenvalue weighted by atomic mass is 10.1. The Hall–Kier alpha value is -2.43. The van der Waals surface area contributed by atoms with Crippen molar-refractivity contribution in [3.63, 3.8) is 0 Å². The van der Waals surface area contributed by atoms with E-state index in [9.17, 15) is 4.79 Å². The van der Waals surface area contributed by atoms with Gasteiger partial charge < -0.3 is 10.2 Å². The van der Waals surface area contributed by atoms with E-state index in [2.05, 4.69) is 15.3 Å².